The molecule has 0 saturated carbocycles. The number of nitrogens with one attached hydrogen (secondary N) is 1. The van der Waals surface area contributed by atoms with Crippen LogP contribution in [0.3, 0.4) is 0 Å². The van der Waals surface area contributed by atoms with E-state index in [0.717, 1.165) is 12.3 Å². The van der Waals surface area contributed by atoms with Gasteiger partial charge in [-0.15, -0.1) is 0 Å². The summed E-state index contributed by atoms with van der Waals surface area (Å²) in [7, 11) is -4.61. The summed E-state index contributed by atoms with van der Waals surface area (Å²) in [4.78, 5) is 13.3. The summed E-state index contributed by atoms with van der Waals surface area (Å²) >= 11 is 6.17. The number of hydrogen-bond acceptors (Lipinski definition) is 7. The molecule has 11 heteroatoms. The van der Waals surface area contributed by atoms with Gasteiger partial charge in [-0.2, -0.15) is 9.97 Å². The Morgan fingerprint density at radius 1 is 1.17 bits per heavy atom. The van der Waals surface area contributed by atoms with Crippen LogP contribution in [0.15, 0.2) is 29.2 Å². The maximum Gasteiger partial charge on any atom is 0.226 e. The van der Waals surface area contributed by atoms with Crippen LogP contribution in [-0.4, -0.2) is 48.9 Å². The lowest BCUT2D eigenvalue weighted by molar-refractivity contribution is 0.0881. The molecular formula is C19H26ClN5O3SSi. The molecule has 0 fully saturated rings. The first-order valence-electron chi connectivity index (χ1n) is 9.50. The van der Waals surface area contributed by atoms with E-state index in [4.69, 9.17) is 16.3 Å². The number of sulfone groups is 1. The van der Waals surface area contributed by atoms with E-state index in [-0.39, 0.29) is 10.2 Å². The maximum atomic E-state index is 12.1. The first-order valence-corrected chi connectivity index (χ1v) is 15.5. The molecule has 0 aliphatic carbocycles. The summed E-state index contributed by atoms with van der Waals surface area (Å²) < 4.78 is 31.9. The fourth-order valence-electron chi connectivity index (χ4n) is 2.88. The van der Waals surface area contributed by atoms with Gasteiger partial charge >= 0.3 is 0 Å². The Kier molecular flexibility index (Phi) is 6.51. The Morgan fingerprint density at radius 3 is 2.53 bits per heavy atom. The average Bonchev–Trinajstić information content (AvgIpc) is 2.93. The minimum Gasteiger partial charge on any atom is -0.361 e. The third-order valence-electron chi connectivity index (χ3n) is 4.51. The summed E-state index contributed by atoms with van der Waals surface area (Å²) in [5.74, 6) is 1.04. The molecule has 8 nitrogen and oxygen atoms in total. The smallest absolute Gasteiger partial charge is 0.226 e. The van der Waals surface area contributed by atoms with Gasteiger partial charge in [-0.05, 0) is 36.7 Å². The van der Waals surface area contributed by atoms with E-state index in [0.29, 0.717) is 41.8 Å². The lowest BCUT2D eigenvalue weighted by Gasteiger charge is -2.16. The molecule has 0 radical (unpaired) electrons. The molecule has 0 bridgehead atoms. The molecule has 0 saturated heterocycles. The summed E-state index contributed by atoms with van der Waals surface area (Å²) in [6.45, 7) is 9.72. The molecule has 1 aromatic carbocycles. The standard InChI is InChI=1S/C19H26ClN5O3SSi/c1-13-21-16-17(22-14-8-6-7-9-15(14)29(2,26)27)23-19(20)24-18(16)25(13)12-28-10-11-30(3,4)5/h6-9H,10-12H2,1-5H3,(H,22,23,24). The third-order valence-corrected chi connectivity index (χ3v) is 7.54. The SMILES string of the molecule is Cc1nc2c(Nc3ccccc3S(C)(=O)=O)nc(Cl)nc2n1COCC[Si](C)(C)C. The second kappa shape index (κ2) is 8.62. The normalized spacial score (nSPS) is 12.5. The van der Waals surface area contributed by atoms with Crippen LogP contribution < -0.4 is 5.32 Å². The van der Waals surface area contributed by atoms with Crippen molar-refractivity contribution in [2.75, 3.05) is 18.2 Å². The van der Waals surface area contributed by atoms with E-state index in [1.54, 1.807) is 18.2 Å². The van der Waals surface area contributed by atoms with E-state index in [1.807, 2.05) is 11.5 Å². The molecule has 162 valence electrons. The van der Waals surface area contributed by atoms with Crippen molar-refractivity contribution in [3.63, 3.8) is 0 Å². The van der Waals surface area contributed by atoms with Crippen molar-refractivity contribution in [3.8, 4) is 0 Å². The third kappa shape index (κ3) is 5.37. The number of imidazole rings is 1. The molecule has 0 amide bonds. The highest BCUT2D eigenvalue weighted by molar-refractivity contribution is 7.90. The zero-order valence-corrected chi connectivity index (χ0v) is 20.3. The summed E-state index contributed by atoms with van der Waals surface area (Å²) in [5.41, 5.74) is 1.42. The number of benzene rings is 1. The number of rotatable bonds is 8. The summed E-state index contributed by atoms with van der Waals surface area (Å²) in [5, 5.41) is 3.10. The number of aryl methyl sites for hydroxylation is 1. The molecule has 0 aliphatic heterocycles. The van der Waals surface area contributed by atoms with Crippen molar-refractivity contribution in [1.29, 1.82) is 0 Å². The minimum atomic E-state index is -3.43. The molecule has 30 heavy (non-hydrogen) atoms. The van der Waals surface area contributed by atoms with E-state index >= 15 is 0 Å². The van der Waals surface area contributed by atoms with Crippen molar-refractivity contribution in [1.82, 2.24) is 19.5 Å². The molecule has 3 aromatic rings. The topological polar surface area (TPSA) is 99.0 Å². The van der Waals surface area contributed by atoms with Crippen LogP contribution in [0.2, 0.25) is 31.0 Å². The predicted octanol–water partition coefficient (Wildman–Crippen LogP) is 4.25. The minimum absolute atomic E-state index is 0.0325. The van der Waals surface area contributed by atoms with Crippen LogP contribution in [-0.2, 0) is 21.3 Å². The molecule has 3 rings (SSSR count). The van der Waals surface area contributed by atoms with Crippen LogP contribution >= 0.6 is 11.6 Å². The maximum absolute atomic E-state index is 12.1. The Hall–Kier alpha value is -2.01. The van der Waals surface area contributed by atoms with Crippen molar-refractivity contribution < 1.29 is 13.2 Å². The zero-order valence-electron chi connectivity index (χ0n) is 17.7. The monoisotopic (exact) mass is 467 g/mol. The van der Waals surface area contributed by atoms with Gasteiger partial charge in [0.05, 0.1) is 10.6 Å². The largest absolute Gasteiger partial charge is 0.361 e. The first-order chi connectivity index (χ1) is 14.0. The molecule has 2 aromatic heterocycles. The molecule has 0 atom stereocenters. The number of para-hydroxylation sites is 1. The lowest BCUT2D eigenvalue weighted by atomic mass is 10.3. The fraction of sp³-hybridized carbons (Fsp3) is 0.421. The Bertz CT molecular complexity index is 1170. The molecule has 0 aliphatic rings. The zero-order chi connectivity index (χ0) is 22.1. The lowest BCUT2D eigenvalue weighted by Crippen LogP contribution is -2.22. The van der Waals surface area contributed by atoms with Crippen molar-refractivity contribution in [3.05, 3.63) is 35.4 Å². The van der Waals surface area contributed by atoms with E-state index in [2.05, 4.69) is 39.9 Å². The van der Waals surface area contributed by atoms with E-state index in [1.165, 1.54) is 6.07 Å². The second-order valence-electron chi connectivity index (χ2n) is 8.34. The summed E-state index contributed by atoms with van der Waals surface area (Å²) in [6.07, 6.45) is 1.16. The Labute approximate surface area is 182 Å². The summed E-state index contributed by atoms with van der Waals surface area (Å²) in [6, 6.07) is 7.67. The number of nitrogens with zero attached hydrogens (tertiary/aromatic N) is 4. The second-order valence-corrected chi connectivity index (χ2v) is 16.3. The number of aromatic nitrogens is 4. The van der Waals surface area contributed by atoms with Crippen molar-refractivity contribution in [2.24, 2.45) is 0 Å². The molecule has 2 heterocycles. The van der Waals surface area contributed by atoms with Gasteiger partial charge in [-0.25, -0.2) is 13.4 Å². The van der Waals surface area contributed by atoms with Crippen LogP contribution in [0, 0.1) is 6.92 Å². The van der Waals surface area contributed by atoms with E-state index < -0.39 is 17.9 Å². The number of anilines is 2. The van der Waals surface area contributed by atoms with Gasteiger partial charge in [0.2, 0.25) is 5.28 Å². The van der Waals surface area contributed by atoms with Crippen molar-refractivity contribution >= 4 is 52.2 Å². The van der Waals surface area contributed by atoms with E-state index in [9.17, 15) is 8.42 Å². The van der Waals surface area contributed by atoms with Crippen LogP contribution in [0.5, 0.6) is 0 Å². The molecule has 0 unspecified atom stereocenters. The number of halogens is 1. The predicted molar refractivity (Wildman–Crippen MR) is 122 cm³/mol. The molecule has 0 spiro atoms. The number of ether oxygens (including phenoxy) is 1. The number of fused-ring (bicyclic) bond motifs is 1. The highest BCUT2D eigenvalue weighted by Gasteiger charge is 2.19. The Balaban J connectivity index is 1.95. The van der Waals surface area contributed by atoms with Gasteiger partial charge in [0, 0.05) is 20.9 Å². The van der Waals surface area contributed by atoms with Gasteiger partial charge in [0.25, 0.3) is 0 Å². The highest BCUT2D eigenvalue weighted by atomic mass is 35.5. The highest BCUT2D eigenvalue weighted by Crippen LogP contribution is 2.29. The van der Waals surface area contributed by atoms with Crippen molar-refractivity contribution in [2.45, 2.75) is 44.2 Å². The van der Waals surface area contributed by atoms with Crippen LogP contribution in [0.4, 0.5) is 11.5 Å². The van der Waals surface area contributed by atoms with Gasteiger partial charge in [-0.3, -0.25) is 4.57 Å². The Morgan fingerprint density at radius 2 is 1.87 bits per heavy atom. The van der Waals surface area contributed by atoms with Gasteiger partial charge in [-0.1, -0.05) is 31.8 Å². The van der Waals surface area contributed by atoms with Gasteiger partial charge in [0.15, 0.2) is 26.8 Å². The number of hydrogen-bond donors (Lipinski definition) is 1. The van der Waals surface area contributed by atoms with Crippen LogP contribution in [0.25, 0.3) is 11.2 Å². The molecule has 1 N–H and O–H groups in total. The first kappa shape index (κ1) is 22.7. The van der Waals surface area contributed by atoms with Gasteiger partial charge < -0.3 is 10.1 Å². The van der Waals surface area contributed by atoms with Crippen LogP contribution in [0.1, 0.15) is 5.82 Å². The van der Waals surface area contributed by atoms with Gasteiger partial charge in [0.1, 0.15) is 12.6 Å². The quantitative estimate of drug-likeness (QED) is 0.300. The molecular weight excluding hydrogens is 442 g/mol. The average molecular weight is 468 g/mol. The fourth-order valence-corrected chi connectivity index (χ4v) is 4.65.